The molecule has 1 amide bonds. The van der Waals surface area contributed by atoms with Gasteiger partial charge >= 0.3 is 0 Å². The summed E-state index contributed by atoms with van der Waals surface area (Å²) < 4.78 is 57.5. The van der Waals surface area contributed by atoms with E-state index in [4.69, 9.17) is 11.6 Å². The average Bonchev–Trinajstić information content (AvgIpc) is 3.27. The maximum absolute atomic E-state index is 14.8. The Bertz CT molecular complexity index is 1140. The van der Waals surface area contributed by atoms with Gasteiger partial charge in [0.1, 0.15) is 23.4 Å². The summed E-state index contributed by atoms with van der Waals surface area (Å²) in [5.41, 5.74) is 0.428. The molecule has 1 fully saturated rings. The fourth-order valence-corrected chi connectivity index (χ4v) is 5.81. The van der Waals surface area contributed by atoms with Crippen LogP contribution in [0.25, 0.3) is 5.57 Å². The highest BCUT2D eigenvalue weighted by molar-refractivity contribution is 7.92. The van der Waals surface area contributed by atoms with Crippen molar-refractivity contribution in [3.05, 3.63) is 56.1 Å². The molecule has 0 radical (unpaired) electrons. The molecule has 2 aromatic rings. The molecule has 0 bridgehead atoms. The second-order valence-electron chi connectivity index (χ2n) is 7.87. The van der Waals surface area contributed by atoms with Crippen LogP contribution in [0.15, 0.2) is 29.7 Å². The lowest BCUT2D eigenvalue weighted by Gasteiger charge is -2.23. The molecule has 1 N–H and O–H groups in total. The van der Waals surface area contributed by atoms with Crippen molar-refractivity contribution < 1.29 is 22.0 Å². The molecule has 1 aliphatic rings. The van der Waals surface area contributed by atoms with E-state index in [2.05, 4.69) is 4.72 Å². The number of allylic oxidation sites excluding steroid dienone is 1. The second-order valence-corrected chi connectivity index (χ2v) is 11.1. The summed E-state index contributed by atoms with van der Waals surface area (Å²) in [4.78, 5) is 16.2. The highest BCUT2D eigenvalue weighted by Crippen LogP contribution is 2.32. The van der Waals surface area contributed by atoms with Crippen LogP contribution < -0.4 is 9.62 Å². The minimum absolute atomic E-state index is 0.00826. The predicted molar refractivity (Wildman–Crippen MR) is 124 cm³/mol. The lowest BCUT2D eigenvalue weighted by molar-refractivity contribution is -0.118. The molecule has 11 heteroatoms. The number of nitrogens with one attached hydrogen (secondary N) is 1. The third-order valence-corrected chi connectivity index (χ3v) is 8.02. The van der Waals surface area contributed by atoms with E-state index < -0.39 is 39.3 Å². The smallest absolute Gasteiger partial charge is 0.245 e. The van der Waals surface area contributed by atoms with Crippen LogP contribution in [0.1, 0.15) is 36.8 Å². The van der Waals surface area contributed by atoms with E-state index in [1.165, 1.54) is 23.5 Å². The first-order valence-corrected chi connectivity index (χ1v) is 12.6. The van der Waals surface area contributed by atoms with Crippen molar-refractivity contribution in [2.75, 3.05) is 25.5 Å². The van der Waals surface area contributed by atoms with Crippen LogP contribution in [0, 0.1) is 11.6 Å². The number of carbonyl (C=O) groups is 1. The van der Waals surface area contributed by atoms with Gasteiger partial charge in [0.15, 0.2) is 0 Å². The number of carbonyl (C=O) groups excluding carboxylic acids is 1. The molecule has 2 unspecified atom stereocenters. The maximum atomic E-state index is 14.8. The van der Waals surface area contributed by atoms with E-state index in [1.54, 1.807) is 45.0 Å². The highest BCUT2D eigenvalue weighted by Gasteiger charge is 2.37. The van der Waals surface area contributed by atoms with Gasteiger partial charge in [-0.2, -0.15) is 4.72 Å². The molecule has 0 spiro atoms. The molecule has 1 saturated heterocycles. The van der Waals surface area contributed by atoms with E-state index in [0.29, 0.717) is 20.4 Å². The third-order valence-electron chi connectivity index (χ3n) is 5.37. The number of hydrogen-bond acceptors (Lipinski definition) is 5. The SMILES string of the molecule is C/C(=C/S(=O)(=O)NC1CCN(c2c(F)cc(C(C)N(C)C)cc2F)C1=O)c1ccc(Cl)s1. The Kier molecular flexibility index (Phi) is 7.41. The monoisotopic (exact) mass is 503 g/mol. The lowest BCUT2D eigenvalue weighted by atomic mass is 10.1. The average molecular weight is 504 g/mol. The molecule has 6 nitrogen and oxygen atoms in total. The Morgan fingerprint density at radius 2 is 1.94 bits per heavy atom. The van der Waals surface area contributed by atoms with E-state index in [1.807, 2.05) is 0 Å². The van der Waals surface area contributed by atoms with E-state index in [-0.39, 0.29) is 19.0 Å². The van der Waals surface area contributed by atoms with Gasteiger partial charge < -0.3 is 9.80 Å². The summed E-state index contributed by atoms with van der Waals surface area (Å²) in [6, 6.07) is 4.41. The van der Waals surface area contributed by atoms with Gasteiger partial charge in [-0.1, -0.05) is 11.6 Å². The van der Waals surface area contributed by atoms with Crippen molar-refractivity contribution in [2.24, 2.45) is 0 Å². The molecular weight excluding hydrogens is 480 g/mol. The van der Waals surface area contributed by atoms with Gasteiger partial charge in [0.05, 0.1) is 9.74 Å². The summed E-state index contributed by atoms with van der Waals surface area (Å²) in [5.74, 6) is -2.43. The Labute approximate surface area is 195 Å². The molecule has 1 aliphatic heterocycles. The number of nitrogens with zero attached hydrogens (tertiary/aromatic N) is 2. The van der Waals surface area contributed by atoms with Gasteiger partial charge in [-0.05, 0) is 69.8 Å². The number of hydrogen-bond donors (Lipinski definition) is 1. The number of sulfonamides is 1. The standard InChI is InChI=1S/C21H24ClF2N3O3S2/c1-12(18-5-6-19(22)31-18)11-32(29,30)25-17-7-8-27(21(17)28)20-15(23)9-14(10-16(20)24)13(2)26(3)4/h5-6,9-11,13,17,25H,7-8H2,1-4H3/b12-11-. The number of thiophene rings is 1. The first kappa shape index (κ1) is 24.8. The van der Waals surface area contributed by atoms with Gasteiger partial charge in [0.2, 0.25) is 15.9 Å². The Morgan fingerprint density at radius 3 is 2.47 bits per heavy atom. The number of rotatable bonds is 7. The molecule has 0 saturated carbocycles. The molecule has 2 atom stereocenters. The zero-order chi connectivity index (χ0) is 23.8. The van der Waals surface area contributed by atoms with Crippen LogP contribution in [0.2, 0.25) is 4.34 Å². The normalized spacial score (nSPS) is 18.6. The molecule has 1 aromatic carbocycles. The predicted octanol–water partition coefficient (Wildman–Crippen LogP) is 4.39. The third kappa shape index (κ3) is 5.37. The van der Waals surface area contributed by atoms with Crippen molar-refractivity contribution in [2.45, 2.75) is 32.4 Å². The van der Waals surface area contributed by atoms with Crippen molar-refractivity contribution in [1.29, 1.82) is 0 Å². The molecule has 0 aliphatic carbocycles. The van der Waals surface area contributed by atoms with Gasteiger partial charge in [-0.25, -0.2) is 17.2 Å². The summed E-state index contributed by atoms with van der Waals surface area (Å²) in [6.45, 7) is 3.41. The maximum Gasteiger partial charge on any atom is 0.245 e. The molecule has 2 heterocycles. The summed E-state index contributed by atoms with van der Waals surface area (Å²) in [6.07, 6.45) is 0.0878. The van der Waals surface area contributed by atoms with Crippen LogP contribution in [0.3, 0.4) is 0 Å². The largest absolute Gasteiger partial charge is 0.306 e. The molecular formula is C21H24ClF2N3O3S2. The zero-order valence-corrected chi connectivity index (χ0v) is 20.4. The molecule has 3 rings (SSSR count). The van der Waals surface area contributed by atoms with Crippen LogP contribution in [-0.4, -0.2) is 45.9 Å². The van der Waals surface area contributed by atoms with Gasteiger partial charge in [-0.3, -0.25) is 4.79 Å². The Hall–Kier alpha value is -1.85. The summed E-state index contributed by atoms with van der Waals surface area (Å²) >= 11 is 7.12. The van der Waals surface area contributed by atoms with Crippen molar-refractivity contribution >= 4 is 50.1 Å². The van der Waals surface area contributed by atoms with Crippen molar-refractivity contribution in [1.82, 2.24) is 9.62 Å². The highest BCUT2D eigenvalue weighted by atomic mass is 35.5. The molecule has 1 aromatic heterocycles. The minimum Gasteiger partial charge on any atom is -0.306 e. The van der Waals surface area contributed by atoms with Crippen molar-refractivity contribution in [3.63, 3.8) is 0 Å². The fourth-order valence-electron chi connectivity index (χ4n) is 3.44. The van der Waals surface area contributed by atoms with Crippen LogP contribution in [0.4, 0.5) is 14.5 Å². The number of benzene rings is 1. The zero-order valence-electron chi connectivity index (χ0n) is 18.0. The number of amides is 1. The summed E-state index contributed by atoms with van der Waals surface area (Å²) in [5, 5.41) is 1.02. The van der Waals surface area contributed by atoms with E-state index >= 15 is 0 Å². The summed E-state index contributed by atoms with van der Waals surface area (Å²) in [7, 11) is -0.398. The number of halogens is 3. The van der Waals surface area contributed by atoms with Gasteiger partial charge in [0.25, 0.3) is 0 Å². The van der Waals surface area contributed by atoms with Gasteiger partial charge in [-0.15, -0.1) is 11.3 Å². The van der Waals surface area contributed by atoms with Crippen LogP contribution in [-0.2, 0) is 14.8 Å². The van der Waals surface area contributed by atoms with E-state index in [0.717, 1.165) is 10.3 Å². The molecule has 32 heavy (non-hydrogen) atoms. The second kappa shape index (κ2) is 9.56. The topological polar surface area (TPSA) is 69.7 Å². The minimum atomic E-state index is -3.98. The lowest BCUT2D eigenvalue weighted by Crippen LogP contribution is -2.41. The first-order valence-electron chi connectivity index (χ1n) is 9.82. The van der Waals surface area contributed by atoms with Crippen LogP contribution >= 0.6 is 22.9 Å². The Balaban J connectivity index is 1.79. The Morgan fingerprint density at radius 1 is 1.31 bits per heavy atom. The quantitative estimate of drug-likeness (QED) is 0.608. The number of anilines is 1. The van der Waals surface area contributed by atoms with Crippen molar-refractivity contribution in [3.8, 4) is 0 Å². The van der Waals surface area contributed by atoms with E-state index in [9.17, 15) is 22.0 Å². The van der Waals surface area contributed by atoms with Gasteiger partial charge in [0, 0.05) is 17.5 Å². The fraction of sp³-hybridized carbons (Fsp3) is 0.381. The molecule has 174 valence electrons. The first-order chi connectivity index (χ1) is 14.9. The van der Waals surface area contributed by atoms with Crippen LogP contribution in [0.5, 0.6) is 0 Å².